The molecule has 4 aromatic rings. The number of nitrogens with one attached hydrogen (secondary N) is 1. The van der Waals surface area contributed by atoms with Gasteiger partial charge in [-0.2, -0.15) is 4.98 Å². The molecule has 1 aliphatic rings. The lowest BCUT2D eigenvalue weighted by Crippen LogP contribution is -2.45. The predicted molar refractivity (Wildman–Crippen MR) is 136 cm³/mol. The van der Waals surface area contributed by atoms with E-state index in [0.717, 1.165) is 33.7 Å². The molecule has 1 unspecified atom stereocenters. The van der Waals surface area contributed by atoms with Crippen LogP contribution in [0, 0.1) is 0 Å². The summed E-state index contributed by atoms with van der Waals surface area (Å²) in [6.07, 6.45) is 0. The minimum atomic E-state index is -0.204. The van der Waals surface area contributed by atoms with Crippen LogP contribution in [-0.4, -0.2) is 27.3 Å². The number of hydrogen-bond acceptors (Lipinski definition) is 5. The quantitative estimate of drug-likeness (QED) is 0.369. The topological polar surface area (TPSA) is 63.4 Å². The second kappa shape index (κ2) is 9.49. The van der Waals surface area contributed by atoms with E-state index < -0.39 is 0 Å². The molecule has 1 atom stereocenters. The van der Waals surface area contributed by atoms with Gasteiger partial charge in [-0.3, -0.25) is 0 Å². The van der Waals surface area contributed by atoms with E-state index in [2.05, 4.69) is 27.5 Å². The Morgan fingerprint density at radius 1 is 0.971 bits per heavy atom. The summed E-state index contributed by atoms with van der Waals surface area (Å²) in [4.78, 5) is 6.83. The van der Waals surface area contributed by atoms with Crippen LogP contribution in [-0.2, 0) is 6.54 Å². The number of hydrogen-bond donors (Lipinski definition) is 1. The molecule has 1 aliphatic heterocycles. The normalized spacial score (nSPS) is 15.9. The van der Waals surface area contributed by atoms with Gasteiger partial charge in [0.2, 0.25) is 5.82 Å². The van der Waals surface area contributed by atoms with E-state index in [1.807, 2.05) is 79.7 Å². The third-order valence-electron chi connectivity index (χ3n) is 5.92. The van der Waals surface area contributed by atoms with E-state index in [1.165, 1.54) is 0 Å². The first-order chi connectivity index (χ1) is 16.6. The Morgan fingerprint density at radius 2 is 1.65 bits per heavy atom. The van der Waals surface area contributed by atoms with Crippen molar-refractivity contribution in [2.75, 3.05) is 7.11 Å². The van der Waals surface area contributed by atoms with Crippen LogP contribution in [0.3, 0.4) is 0 Å². The maximum absolute atomic E-state index is 5.80. The van der Waals surface area contributed by atoms with Gasteiger partial charge in [-0.25, -0.2) is 0 Å². The van der Waals surface area contributed by atoms with Crippen molar-refractivity contribution in [1.82, 2.24) is 20.4 Å². The van der Waals surface area contributed by atoms with Crippen LogP contribution >= 0.6 is 12.2 Å². The van der Waals surface area contributed by atoms with E-state index in [-0.39, 0.29) is 6.04 Å². The molecule has 0 radical (unpaired) electrons. The van der Waals surface area contributed by atoms with Crippen molar-refractivity contribution in [3.8, 4) is 17.1 Å². The van der Waals surface area contributed by atoms with E-state index in [4.69, 9.17) is 26.5 Å². The van der Waals surface area contributed by atoms with Gasteiger partial charge in [0.1, 0.15) is 5.75 Å². The van der Waals surface area contributed by atoms with Crippen molar-refractivity contribution in [1.29, 1.82) is 0 Å². The Hall–Kier alpha value is -3.97. The standard InChI is InChI=1S/C27H24N4O2S/c1-18-23(26-29-25(30-33-26)21-11-7-4-8-12-21)24(20-9-5-3-6-10-20)28-27(34)31(18)17-19-13-15-22(32-2)16-14-19/h3-16,24H,17H2,1-2H3,(H,28,34). The molecule has 0 saturated carbocycles. The van der Waals surface area contributed by atoms with Crippen molar-refractivity contribution < 1.29 is 9.26 Å². The van der Waals surface area contributed by atoms with E-state index in [0.29, 0.717) is 23.4 Å². The highest BCUT2D eigenvalue weighted by atomic mass is 32.1. The molecule has 7 heteroatoms. The molecule has 1 aromatic heterocycles. The van der Waals surface area contributed by atoms with Crippen molar-refractivity contribution in [2.24, 2.45) is 0 Å². The monoisotopic (exact) mass is 468 g/mol. The number of thiocarbonyl (C=S) groups is 1. The molecule has 0 spiro atoms. The molecule has 3 aromatic carbocycles. The second-order valence-electron chi connectivity index (χ2n) is 8.02. The van der Waals surface area contributed by atoms with Crippen LogP contribution in [0.25, 0.3) is 17.0 Å². The average Bonchev–Trinajstić information content (AvgIpc) is 3.37. The maximum atomic E-state index is 5.80. The van der Waals surface area contributed by atoms with Gasteiger partial charge < -0.3 is 19.5 Å². The average molecular weight is 469 g/mol. The maximum Gasteiger partial charge on any atom is 0.258 e. The minimum Gasteiger partial charge on any atom is -0.497 e. The molecule has 6 nitrogen and oxygen atoms in total. The fraction of sp³-hybridized carbons (Fsp3) is 0.148. The number of rotatable bonds is 6. The smallest absolute Gasteiger partial charge is 0.258 e. The van der Waals surface area contributed by atoms with Crippen LogP contribution in [0.2, 0.25) is 0 Å². The first kappa shape index (κ1) is 21.9. The Bertz CT molecular complexity index is 1320. The Kier molecular flexibility index (Phi) is 6.10. The molecular weight excluding hydrogens is 444 g/mol. The van der Waals surface area contributed by atoms with Gasteiger partial charge in [0.25, 0.3) is 5.89 Å². The van der Waals surface area contributed by atoms with Gasteiger partial charge in [0.15, 0.2) is 5.11 Å². The zero-order valence-corrected chi connectivity index (χ0v) is 19.8. The largest absolute Gasteiger partial charge is 0.497 e. The summed E-state index contributed by atoms with van der Waals surface area (Å²) in [5, 5.41) is 8.41. The molecular formula is C27H24N4O2S. The van der Waals surface area contributed by atoms with Crippen molar-refractivity contribution >= 4 is 22.9 Å². The van der Waals surface area contributed by atoms with Crippen LogP contribution in [0.4, 0.5) is 0 Å². The van der Waals surface area contributed by atoms with E-state index in [1.54, 1.807) is 7.11 Å². The van der Waals surface area contributed by atoms with Gasteiger partial charge in [-0.15, -0.1) is 0 Å². The van der Waals surface area contributed by atoms with Crippen LogP contribution in [0.15, 0.2) is 95.1 Å². The third-order valence-corrected chi connectivity index (χ3v) is 6.26. The molecule has 170 valence electrons. The summed E-state index contributed by atoms with van der Waals surface area (Å²) >= 11 is 5.80. The van der Waals surface area contributed by atoms with Crippen molar-refractivity contribution in [2.45, 2.75) is 19.5 Å². The molecule has 0 bridgehead atoms. The van der Waals surface area contributed by atoms with Crippen LogP contribution in [0.1, 0.15) is 30.0 Å². The predicted octanol–water partition coefficient (Wildman–Crippen LogP) is 5.61. The molecule has 1 N–H and O–H groups in total. The lowest BCUT2D eigenvalue weighted by molar-refractivity contribution is 0.396. The highest BCUT2D eigenvalue weighted by Crippen LogP contribution is 2.38. The fourth-order valence-corrected chi connectivity index (χ4v) is 4.41. The van der Waals surface area contributed by atoms with Crippen LogP contribution < -0.4 is 10.1 Å². The van der Waals surface area contributed by atoms with E-state index in [9.17, 15) is 0 Å². The molecule has 2 heterocycles. The Balaban J connectivity index is 1.57. The van der Waals surface area contributed by atoms with Gasteiger partial charge in [0, 0.05) is 17.8 Å². The summed E-state index contributed by atoms with van der Waals surface area (Å²) in [6, 6.07) is 27.8. The van der Waals surface area contributed by atoms with Crippen molar-refractivity contribution in [3.63, 3.8) is 0 Å². The van der Waals surface area contributed by atoms with Gasteiger partial charge in [0.05, 0.1) is 18.7 Å². The van der Waals surface area contributed by atoms with Crippen LogP contribution in [0.5, 0.6) is 5.75 Å². The molecule has 5 rings (SSSR count). The number of benzene rings is 3. The SMILES string of the molecule is COc1ccc(CN2C(=S)NC(c3ccccc3)C(c3nc(-c4ccccc4)no3)=C2C)cc1. The van der Waals surface area contributed by atoms with E-state index >= 15 is 0 Å². The summed E-state index contributed by atoms with van der Waals surface area (Å²) < 4.78 is 11.1. The third kappa shape index (κ3) is 4.30. The zero-order valence-electron chi connectivity index (χ0n) is 18.9. The fourth-order valence-electron chi connectivity index (χ4n) is 4.10. The lowest BCUT2D eigenvalue weighted by Gasteiger charge is -2.37. The number of ether oxygens (including phenoxy) is 1. The summed E-state index contributed by atoms with van der Waals surface area (Å²) in [7, 11) is 1.66. The number of nitrogens with zero attached hydrogens (tertiary/aromatic N) is 3. The second-order valence-corrected chi connectivity index (χ2v) is 8.40. The summed E-state index contributed by atoms with van der Waals surface area (Å²) in [6.45, 7) is 2.65. The first-order valence-corrected chi connectivity index (χ1v) is 11.4. The summed E-state index contributed by atoms with van der Waals surface area (Å²) in [5.41, 5.74) is 4.96. The molecule has 0 fully saturated rings. The van der Waals surface area contributed by atoms with Gasteiger partial charge >= 0.3 is 0 Å². The van der Waals surface area contributed by atoms with Gasteiger partial charge in [-0.05, 0) is 42.4 Å². The highest BCUT2D eigenvalue weighted by Gasteiger charge is 2.34. The van der Waals surface area contributed by atoms with Crippen molar-refractivity contribution in [3.05, 3.63) is 108 Å². The Morgan fingerprint density at radius 3 is 2.32 bits per heavy atom. The number of methoxy groups -OCH3 is 1. The lowest BCUT2D eigenvalue weighted by atomic mass is 9.94. The minimum absolute atomic E-state index is 0.204. The molecule has 0 saturated heterocycles. The summed E-state index contributed by atoms with van der Waals surface area (Å²) in [5.74, 6) is 1.84. The number of aromatic nitrogens is 2. The molecule has 0 amide bonds. The molecule has 0 aliphatic carbocycles. The first-order valence-electron chi connectivity index (χ1n) is 11.0. The highest BCUT2D eigenvalue weighted by molar-refractivity contribution is 7.80. The Labute approximate surface area is 203 Å². The molecule has 34 heavy (non-hydrogen) atoms. The van der Waals surface area contributed by atoms with Gasteiger partial charge in [-0.1, -0.05) is 78.0 Å². The number of allylic oxidation sites excluding steroid dienone is 1. The zero-order chi connectivity index (χ0) is 23.5.